The molecular weight excluding hydrogens is 292 g/mol. The van der Waals surface area contributed by atoms with Crippen molar-refractivity contribution in [3.8, 4) is 0 Å². The number of aromatic nitrogens is 1. The quantitative estimate of drug-likeness (QED) is 0.835. The Kier molecular flexibility index (Phi) is 5.96. The number of pyridine rings is 1. The van der Waals surface area contributed by atoms with Crippen LogP contribution in [-0.2, 0) is 4.79 Å². The average Bonchev–Trinajstić information content (AvgIpc) is 2.54. The molecule has 0 aliphatic heterocycles. The zero-order valence-corrected chi connectivity index (χ0v) is 13.9. The van der Waals surface area contributed by atoms with Gasteiger partial charge in [0, 0.05) is 38.4 Å². The van der Waals surface area contributed by atoms with Crippen molar-refractivity contribution in [2.45, 2.75) is 44.6 Å². The van der Waals surface area contributed by atoms with Gasteiger partial charge in [0.15, 0.2) is 0 Å². The number of nitrogens with one attached hydrogen (secondary N) is 1. The molecule has 1 heterocycles. The molecule has 0 aromatic carbocycles. The fourth-order valence-corrected chi connectivity index (χ4v) is 3.15. The minimum atomic E-state index is -0.379. The largest absolute Gasteiger partial charge is 0.378 e. The smallest absolute Gasteiger partial charge is 0.270 e. The summed E-state index contributed by atoms with van der Waals surface area (Å²) in [5.74, 6) is -0.307. The Hall–Kier alpha value is -2.11. The number of hydrogen-bond donors (Lipinski definition) is 2. The molecule has 1 saturated carbocycles. The van der Waals surface area contributed by atoms with Gasteiger partial charge in [0.25, 0.3) is 5.91 Å². The lowest BCUT2D eigenvalue weighted by molar-refractivity contribution is -0.118. The number of anilines is 1. The van der Waals surface area contributed by atoms with Crippen molar-refractivity contribution >= 4 is 17.5 Å². The highest BCUT2D eigenvalue weighted by Crippen LogP contribution is 2.28. The molecule has 126 valence electrons. The highest BCUT2D eigenvalue weighted by atomic mass is 16.2. The maximum absolute atomic E-state index is 12.5. The molecule has 6 heteroatoms. The third-order valence-corrected chi connectivity index (χ3v) is 4.45. The molecule has 1 atom stereocenters. The third kappa shape index (κ3) is 4.94. The Labute approximate surface area is 137 Å². The van der Waals surface area contributed by atoms with Gasteiger partial charge in [0.1, 0.15) is 5.69 Å². The summed E-state index contributed by atoms with van der Waals surface area (Å²) in [5.41, 5.74) is 6.64. The SMILES string of the molecule is CN(C)c1ccnc(C(=O)N[C@@H](CC(N)=O)C2CCCCC2)c1. The van der Waals surface area contributed by atoms with Crippen molar-refractivity contribution < 1.29 is 9.59 Å². The van der Waals surface area contributed by atoms with Gasteiger partial charge in [-0.05, 0) is 30.9 Å². The highest BCUT2D eigenvalue weighted by molar-refractivity contribution is 5.93. The van der Waals surface area contributed by atoms with Gasteiger partial charge in [0.05, 0.1) is 0 Å². The van der Waals surface area contributed by atoms with Crippen molar-refractivity contribution in [2.75, 3.05) is 19.0 Å². The number of carbonyl (C=O) groups is 2. The molecule has 0 saturated heterocycles. The molecule has 2 amide bonds. The van der Waals surface area contributed by atoms with E-state index in [2.05, 4.69) is 10.3 Å². The first-order valence-electron chi connectivity index (χ1n) is 8.20. The Balaban J connectivity index is 2.09. The number of carbonyl (C=O) groups excluding carboxylic acids is 2. The molecule has 6 nitrogen and oxygen atoms in total. The first-order chi connectivity index (χ1) is 11.0. The number of nitrogens with zero attached hydrogens (tertiary/aromatic N) is 2. The van der Waals surface area contributed by atoms with E-state index in [1.165, 1.54) is 6.42 Å². The lowest BCUT2D eigenvalue weighted by atomic mass is 9.82. The zero-order valence-electron chi connectivity index (χ0n) is 13.9. The fourth-order valence-electron chi connectivity index (χ4n) is 3.15. The molecule has 1 aliphatic rings. The zero-order chi connectivity index (χ0) is 16.8. The number of primary amides is 1. The Bertz CT molecular complexity index is 553. The fraction of sp³-hybridized carbons (Fsp3) is 0.588. The summed E-state index contributed by atoms with van der Waals surface area (Å²) < 4.78 is 0. The first-order valence-corrected chi connectivity index (χ1v) is 8.20. The molecule has 1 aromatic rings. The van der Waals surface area contributed by atoms with E-state index in [0.29, 0.717) is 11.6 Å². The Morgan fingerprint density at radius 2 is 2.04 bits per heavy atom. The molecule has 0 bridgehead atoms. The van der Waals surface area contributed by atoms with Gasteiger partial charge in [-0.1, -0.05) is 19.3 Å². The monoisotopic (exact) mass is 318 g/mol. The summed E-state index contributed by atoms with van der Waals surface area (Å²) in [7, 11) is 3.82. The molecule has 23 heavy (non-hydrogen) atoms. The molecule has 0 spiro atoms. The predicted octanol–water partition coefficient (Wildman–Crippen LogP) is 1.70. The summed E-state index contributed by atoms with van der Waals surface area (Å²) in [6, 6.07) is 3.39. The minimum Gasteiger partial charge on any atom is -0.378 e. The number of nitrogens with two attached hydrogens (primary N) is 1. The van der Waals surface area contributed by atoms with Crippen LogP contribution in [0, 0.1) is 5.92 Å². The maximum Gasteiger partial charge on any atom is 0.270 e. The van der Waals surface area contributed by atoms with Crippen molar-refractivity contribution in [3.05, 3.63) is 24.0 Å². The summed E-state index contributed by atoms with van der Waals surface area (Å²) in [4.78, 5) is 29.9. The van der Waals surface area contributed by atoms with E-state index in [1.807, 2.05) is 25.1 Å². The second-order valence-electron chi connectivity index (χ2n) is 6.44. The van der Waals surface area contributed by atoms with Crippen LogP contribution in [0.2, 0.25) is 0 Å². The summed E-state index contributed by atoms with van der Waals surface area (Å²) in [6.07, 6.45) is 7.37. The van der Waals surface area contributed by atoms with E-state index in [0.717, 1.165) is 31.4 Å². The van der Waals surface area contributed by atoms with Crippen molar-refractivity contribution in [1.82, 2.24) is 10.3 Å². The van der Waals surface area contributed by atoms with E-state index in [4.69, 9.17) is 5.73 Å². The second kappa shape index (κ2) is 7.94. The van der Waals surface area contributed by atoms with Crippen LogP contribution in [0.4, 0.5) is 5.69 Å². The third-order valence-electron chi connectivity index (χ3n) is 4.45. The van der Waals surface area contributed by atoms with Crippen molar-refractivity contribution in [3.63, 3.8) is 0 Å². The van der Waals surface area contributed by atoms with Gasteiger partial charge in [-0.15, -0.1) is 0 Å². The topological polar surface area (TPSA) is 88.3 Å². The lowest BCUT2D eigenvalue weighted by Crippen LogP contribution is -2.43. The second-order valence-corrected chi connectivity index (χ2v) is 6.44. The number of hydrogen-bond acceptors (Lipinski definition) is 4. The van der Waals surface area contributed by atoms with Crippen LogP contribution in [0.25, 0.3) is 0 Å². The lowest BCUT2D eigenvalue weighted by Gasteiger charge is -2.30. The van der Waals surface area contributed by atoms with Gasteiger partial charge in [-0.2, -0.15) is 0 Å². The van der Waals surface area contributed by atoms with Crippen molar-refractivity contribution in [2.24, 2.45) is 11.7 Å². The van der Waals surface area contributed by atoms with Gasteiger partial charge < -0.3 is 16.0 Å². The van der Waals surface area contributed by atoms with E-state index < -0.39 is 0 Å². The molecule has 1 aromatic heterocycles. The van der Waals surface area contributed by atoms with Crippen LogP contribution >= 0.6 is 0 Å². The van der Waals surface area contributed by atoms with Gasteiger partial charge in [-0.25, -0.2) is 0 Å². The molecule has 2 rings (SSSR count). The van der Waals surface area contributed by atoms with Crippen LogP contribution in [0.3, 0.4) is 0 Å². The van der Waals surface area contributed by atoms with Crippen LogP contribution in [-0.4, -0.2) is 36.9 Å². The molecule has 3 N–H and O–H groups in total. The molecular formula is C17H26N4O2. The standard InChI is InChI=1S/C17H26N4O2/c1-21(2)13-8-9-19-15(10-13)17(23)20-14(11-16(18)22)12-6-4-3-5-7-12/h8-10,12,14H,3-7,11H2,1-2H3,(H2,18,22)(H,20,23)/t14-/m0/s1. The van der Waals surface area contributed by atoms with E-state index in [9.17, 15) is 9.59 Å². The molecule has 0 radical (unpaired) electrons. The van der Waals surface area contributed by atoms with Gasteiger partial charge in [0.2, 0.25) is 5.91 Å². The normalized spacial score (nSPS) is 16.6. The van der Waals surface area contributed by atoms with Crippen LogP contribution in [0.5, 0.6) is 0 Å². The van der Waals surface area contributed by atoms with Crippen LogP contribution in [0.15, 0.2) is 18.3 Å². The maximum atomic E-state index is 12.5. The van der Waals surface area contributed by atoms with Crippen molar-refractivity contribution in [1.29, 1.82) is 0 Å². The number of amides is 2. The molecule has 0 unspecified atom stereocenters. The first kappa shape index (κ1) is 17.2. The highest BCUT2D eigenvalue weighted by Gasteiger charge is 2.27. The van der Waals surface area contributed by atoms with E-state index in [-0.39, 0.29) is 24.3 Å². The Morgan fingerprint density at radius 3 is 2.65 bits per heavy atom. The predicted molar refractivity (Wildman–Crippen MR) is 90.2 cm³/mol. The summed E-state index contributed by atoms with van der Waals surface area (Å²) in [5, 5.41) is 2.98. The minimum absolute atomic E-state index is 0.184. The van der Waals surface area contributed by atoms with E-state index >= 15 is 0 Å². The number of rotatable bonds is 6. The van der Waals surface area contributed by atoms with Crippen LogP contribution < -0.4 is 16.0 Å². The van der Waals surface area contributed by atoms with Gasteiger partial charge in [-0.3, -0.25) is 14.6 Å². The summed E-state index contributed by atoms with van der Waals surface area (Å²) >= 11 is 0. The molecule has 1 aliphatic carbocycles. The van der Waals surface area contributed by atoms with Crippen LogP contribution in [0.1, 0.15) is 49.0 Å². The van der Waals surface area contributed by atoms with Gasteiger partial charge >= 0.3 is 0 Å². The average molecular weight is 318 g/mol. The summed E-state index contributed by atoms with van der Waals surface area (Å²) in [6.45, 7) is 0. The van der Waals surface area contributed by atoms with E-state index in [1.54, 1.807) is 12.3 Å². The Morgan fingerprint density at radius 1 is 1.35 bits per heavy atom. The molecule has 1 fully saturated rings.